The molecule has 1 aromatic carbocycles. The molecule has 2 fully saturated rings. The molecule has 1 amide bonds. The summed E-state index contributed by atoms with van der Waals surface area (Å²) in [6.45, 7) is 3.87. The van der Waals surface area contributed by atoms with E-state index in [4.69, 9.17) is 0 Å². The Morgan fingerprint density at radius 2 is 2.00 bits per heavy atom. The van der Waals surface area contributed by atoms with Gasteiger partial charge in [-0.2, -0.15) is 5.10 Å². The van der Waals surface area contributed by atoms with E-state index in [1.165, 1.54) is 12.8 Å². The zero-order valence-electron chi connectivity index (χ0n) is 16.7. The Morgan fingerprint density at radius 3 is 2.76 bits per heavy atom. The summed E-state index contributed by atoms with van der Waals surface area (Å²) in [7, 11) is 1.88. The Bertz CT molecular complexity index is 1050. The molecular weight excluding hydrogens is 366 g/mol. The molecule has 0 radical (unpaired) electrons. The number of hydrogen-bond donors (Lipinski definition) is 2. The van der Waals surface area contributed by atoms with Crippen LogP contribution in [-0.2, 0) is 7.05 Å². The smallest absolute Gasteiger partial charge is 0.275 e. The maximum atomic E-state index is 12.7. The third-order valence-corrected chi connectivity index (χ3v) is 5.65. The molecule has 8 nitrogen and oxygen atoms in total. The number of fused-ring (bicyclic) bond motifs is 1. The second-order valence-corrected chi connectivity index (χ2v) is 8.12. The van der Waals surface area contributed by atoms with E-state index in [1.54, 1.807) is 17.1 Å². The van der Waals surface area contributed by atoms with Crippen LogP contribution in [0, 0.1) is 6.92 Å². The highest BCUT2D eigenvalue weighted by Gasteiger charge is 2.29. The molecule has 5 rings (SSSR count). The molecule has 0 spiro atoms. The molecular formula is C21H25N7O. The number of nitrogens with one attached hydrogen (secondary N) is 2. The van der Waals surface area contributed by atoms with E-state index >= 15 is 0 Å². The molecule has 1 saturated heterocycles. The van der Waals surface area contributed by atoms with E-state index in [9.17, 15) is 4.79 Å². The Balaban J connectivity index is 1.26. The molecule has 3 aromatic rings. The minimum Gasteiger partial charge on any atom is -0.354 e. The number of aryl methyl sites for hydroxylation is 2. The van der Waals surface area contributed by atoms with Gasteiger partial charge in [-0.1, -0.05) is 0 Å². The number of carbonyl (C=O) groups excluding carboxylic acids is 1. The molecule has 1 atom stereocenters. The van der Waals surface area contributed by atoms with Crippen LogP contribution in [0.2, 0.25) is 0 Å². The van der Waals surface area contributed by atoms with Crippen LogP contribution in [0.5, 0.6) is 0 Å². The number of carbonyl (C=O) groups is 1. The average Bonchev–Trinajstić information content (AvgIpc) is 3.26. The Labute approximate surface area is 169 Å². The second-order valence-electron chi connectivity index (χ2n) is 8.12. The van der Waals surface area contributed by atoms with Crippen molar-refractivity contribution in [2.24, 2.45) is 7.05 Å². The third kappa shape index (κ3) is 3.80. The van der Waals surface area contributed by atoms with Crippen molar-refractivity contribution in [3.8, 4) is 0 Å². The zero-order chi connectivity index (χ0) is 20.0. The fourth-order valence-corrected chi connectivity index (χ4v) is 3.91. The molecule has 2 aliphatic rings. The van der Waals surface area contributed by atoms with E-state index in [0.717, 1.165) is 47.5 Å². The zero-order valence-corrected chi connectivity index (χ0v) is 16.7. The van der Waals surface area contributed by atoms with Gasteiger partial charge in [0.2, 0.25) is 0 Å². The van der Waals surface area contributed by atoms with Gasteiger partial charge in [0.1, 0.15) is 11.5 Å². The Morgan fingerprint density at radius 1 is 1.14 bits per heavy atom. The summed E-state index contributed by atoms with van der Waals surface area (Å²) in [5.74, 6) is 0.569. The largest absolute Gasteiger partial charge is 0.354 e. The van der Waals surface area contributed by atoms with Crippen LogP contribution in [0.25, 0.3) is 10.9 Å². The summed E-state index contributed by atoms with van der Waals surface area (Å²) >= 11 is 0. The lowest BCUT2D eigenvalue weighted by atomic mass is 10.1. The van der Waals surface area contributed by atoms with Gasteiger partial charge in [-0.05, 0) is 43.9 Å². The van der Waals surface area contributed by atoms with Crippen LogP contribution in [0.15, 0.2) is 30.7 Å². The SMILES string of the molecule is Cc1cc2nn(C)cc2cc1NC(=O)c1cnc(N2CCC(NC3CC3)C2)cn1. The summed E-state index contributed by atoms with van der Waals surface area (Å²) in [5.41, 5.74) is 2.94. The van der Waals surface area contributed by atoms with Crippen molar-refractivity contribution >= 4 is 28.3 Å². The molecule has 1 saturated carbocycles. The van der Waals surface area contributed by atoms with Crippen molar-refractivity contribution < 1.29 is 4.79 Å². The molecule has 2 N–H and O–H groups in total. The predicted octanol–water partition coefficient (Wildman–Crippen LogP) is 2.25. The quantitative estimate of drug-likeness (QED) is 0.694. The fraction of sp³-hybridized carbons (Fsp3) is 0.429. The van der Waals surface area contributed by atoms with Gasteiger partial charge in [-0.15, -0.1) is 0 Å². The number of amides is 1. The molecule has 2 aromatic heterocycles. The lowest BCUT2D eigenvalue weighted by Gasteiger charge is -2.17. The predicted molar refractivity (Wildman–Crippen MR) is 112 cm³/mol. The van der Waals surface area contributed by atoms with Gasteiger partial charge >= 0.3 is 0 Å². The van der Waals surface area contributed by atoms with Crippen LogP contribution in [0.1, 0.15) is 35.3 Å². The van der Waals surface area contributed by atoms with Crippen LogP contribution in [0.3, 0.4) is 0 Å². The van der Waals surface area contributed by atoms with Gasteiger partial charge in [0.25, 0.3) is 5.91 Å². The van der Waals surface area contributed by atoms with Gasteiger partial charge in [0.15, 0.2) is 0 Å². The lowest BCUT2D eigenvalue weighted by Crippen LogP contribution is -2.34. The summed E-state index contributed by atoms with van der Waals surface area (Å²) in [6.07, 6.45) is 8.91. The number of anilines is 2. The highest BCUT2D eigenvalue weighted by atomic mass is 16.1. The van der Waals surface area contributed by atoms with Gasteiger partial charge in [0, 0.05) is 49.5 Å². The van der Waals surface area contributed by atoms with Gasteiger partial charge < -0.3 is 15.5 Å². The maximum Gasteiger partial charge on any atom is 0.275 e. The van der Waals surface area contributed by atoms with Crippen molar-refractivity contribution in [1.82, 2.24) is 25.1 Å². The number of benzene rings is 1. The molecule has 1 aliphatic carbocycles. The summed E-state index contributed by atoms with van der Waals surface area (Å²) in [5, 5.41) is 12.0. The minimum absolute atomic E-state index is 0.259. The maximum absolute atomic E-state index is 12.7. The van der Waals surface area contributed by atoms with E-state index in [0.29, 0.717) is 17.8 Å². The average molecular weight is 391 g/mol. The van der Waals surface area contributed by atoms with Crippen LogP contribution < -0.4 is 15.5 Å². The molecule has 1 aliphatic heterocycles. The fourth-order valence-electron chi connectivity index (χ4n) is 3.91. The van der Waals surface area contributed by atoms with Crippen molar-refractivity contribution in [3.05, 3.63) is 42.0 Å². The van der Waals surface area contributed by atoms with Gasteiger partial charge in [0.05, 0.1) is 17.9 Å². The lowest BCUT2D eigenvalue weighted by molar-refractivity contribution is 0.102. The first kappa shape index (κ1) is 18.1. The molecule has 0 bridgehead atoms. The van der Waals surface area contributed by atoms with Crippen molar-refractivity contribution in [3.63, 3.8) is 0 Å². The second kappa shape index (κ2) is 7.11. The number of rotatable bonds is 5. The van der Waals surface area contributed by atoms with Gasteiger partial charge in [-0.3, -0.25) is 9.48 Å². The third-order valence-electron chi connectivity index (χ3n) is 5.65. The van der Waals surface area contributed by atoms with Crippen LogP contribution in [0.4, 0.5) is 11.5 Å². The van der Waals surface area contributed by atoms with Crippen molar-refractivity contribution in [2.75, 3.05) is 23.3 Å². The standard InChI is InChI=1S/C21H25N7O/c1-13-7-18-14(11-27(2)26-18)8-17(13)25-21(29)19-9-23-20(10-22-19)28-6-5-16(12-28)24-15-3-4-15/h7-11,15-16,24H,3-6,12H2,1-2H3,(H,25,29). The molecule has 150 valence electrons. The van der Waals surface area contributed by atoms with E-state index < -0.39 is 0 Å². The summed E-state index contributed by atoms with van der Waals surface area (Å²) in [4.78, 5) is 23.7. The van der Waals surface area contributed by atoms with Crippen molar-refractivity contribution in [2.45, 2.75) is 38.3 Å². The highest BCUT2D eigenvalue weighted by Crippen LogP contribution is 2.25. The topological polar surface area (TPSA) is 88.0 Å². The van der Waals surface area contributed by atoms with E-state index in [2.05, 4.69) is 30.6 Å². The first-order valence-electron chi connectivity index (χ1n) is 10.1. The minimum atomic E-state index is -0.259. The van der Waals surface area contributed by atoms with Crippen LogP contribution in [-0.4, -0.2) is 50.8 Å². The Hall–Kier alpha value is -3.00. The summed E-state index contributed by atoms with van der Waals surface area (Å²) < 4.78 is 1.77. The van der Waals surface area contributed by atoms with E-state index in [-0.39, 0.29) is 5.91 Å². The Kier molecular flexibility index (Phi) is 4.43. The molecule has 1 unspecified atom stereocenters. The molecule has 29 heavy (non-hydrogen) atoms. The van der Waals surface area contributed by atoms with Crippen molar-refractivity contribution in [1.29, 1.82) is 0 Å². The number of hydrogen-bond acceptors (Lipinski definition) is 6. The molecule has 3 heterocycles. The first-order valence-corrected chi connectivity index (χ1v) is 10.1. The normalized spacial score (nSPS) is 19.1. The van der Waals surface area contributed by atoms with Gasteiger partial charge in [-0.25, -0.2) is 9.97 Å². The number of aromatic nitrogens is 4. The summed E-state index contributed by atoms with van der Waals surface area (Å²) in [6, 6.07) is 5.15. The van der Waals surface area contributed by atoms with Crippen LogP contribution >= 0.6 is 0 Å². The first-order chi connectivity index (χ1) is 14.0. The monoisotopic (exact) mass is 391 g/mol. The van der Waals surface area contributed by atoms with E-state index in [1.807, 2.05) is 32.3 Å². The number of nitrogens with zero attached hydrogens (tertiary/aromatic N) is 5. The molecule has 8 heteroatoms. The highest BCUT2D eigenvalue weighted by molar-refractivity contribution is 6.04.